The number of aryl methyl sites for hydroxylation is 3. The van der Waals surface area contributed by atoms with Crippen molar-refractivity contribution in [3.05, 3.63) is 82.9 Å². The highest BCUT2D eigenvalue weighted by Gasteiger charge is 2.13. The maximum Gasteiger partial charge on any atom is 0.329 e. The average molecular weight is 503 g/mol. The van der Waals surface area contributed by atoms with Gasteiger partial charge < -0.3 is 20.1 Å². The van der Waals surface area contributed by atoms with Gasteiger partial charge in [-0.3, -0.25) is 14.4 Å². The van der Waals surface area contributed by atoms with Crippen LogP contribution in [0.25, 0.3) is 0 Å². The zero-order chi connectivity index (χ0) is 26.8. The Morgan fingerprint density at radius 1 is 0.757 bits per heavy atom. The number of carbonyl (C=O) groups excluding carboxylic acids is 3. The first-order valence-electron chi connectivity index (χ1n) is 11.7. The molecule has 0 aliphatic carbocycles. The molecule has 0 heterocycles. The monoisotopic (exact) mass is 502 g/mol. The predicted molar refractivity (Wildman–Crippen MR) is 143 cm³/mol. The molecule has 0 aliphatic rings. The van der Waals surface area contributed by atoms with E-state index in [0.29, 0.717) is 35.0 Å². The van der Waals surface area contributed by atoms with Crippen LogP contribution in [0.2, 0.25) is 0 Å². The van der Waals surface area contributed by atoms with E-state index in [2.05, 4.69) is 21.2 Å². The second-order valence-corrected chi connectivity index (χ2v) is 8.37. The molecule has 0 saturated heterocycles. The molecule has 0 aromatic heterocycles. The van der Waals surface area contributed by atoms with E-state index in [4.69, 9.17) is 9.47 Å². The number of carbonyl (C=O) groups is 3. The summed E-state index contributed by atoms with van der Waals surface area (Å²) in [6.45, 7) is 7.85. The van der Waals surface area contributed by atoms with Crippen LogP contribution in [0.15, 0.2) is 65.8 Å². The van der Waals surface area contributed by atoms with Crippen molar-refractivity contribution in [2.24, 2.45) is 5.10 Å². The lowest BCUT2D eigenvalue weighted by Gasteiger charge is -2.13. The minimum atomic E-state index is -0.906. The van der Waals surface area contributed by atoms with Gasteiger partial charge >= 0.3 is 11.8 Å². The van der Waals surface area contributed by atoms with E-state index in [1.807, 2.05) is 58.0 Å². The normalized spacial score (nSPS) is 10.6. The maximum absolute atomic E-state index is 12.4. The summed E-state index contributed by atoms with van der Waals surface area (Å²) in [6.07, 6.45) is 1.37. The molecule has 3 amide bonds. The van der Waals surface area contributed by atoms with Gasteiger partial charge in [-0.2, -0.15) is 5.10 Å². The molecule has 3 rings (SSSR count). The number of hydrogen-bond acceptors (Lipinski definition) is 6. The zero-order valence-electron chi connectivity index (χ0n) is 21.3. The van der Waals surface area contributed by atoms with Crippen LogP contribution in [0.1, 0.15) is 29.2 Å². The van der Waals surface area contributed by atoms with E-state index >= 15 is 0 Å². The Hall–Kier alpha value is -4.66. The lowest BCUT2D eigenvalue weighted by atomic mass is 10.1. The number of nitrogens with one attached hydrogen (secondary N) is 3. The van der Waals surface area contributed by atoms with Crippen molar-refractivity contribution in [1.29, 1.82) is 0 Å². The number of rotatable bonds is 9. The van der Waals surface area contributed by atoms with Gasteiger partial charge in [0.25, 0.3) is 5.91 Å². The fourth-order valence-electron chi connectivity index (χ4n) is 3.42. The van der Waals surface area contributed by atoms with Crippen LogP contribution in [0.5, 0.6) is 11.5 Å². The molecule has 9 nitrogen and oxygen atoms in total. The molecule has 192 valence electrons. The van der Waals surface area contributed by atoms with Crippen molar-refractivity contribution in [2.75, 3.05) is 23.8 Å². The van der Waals surface area contributed by atoms with Crippen molar-refractivity contribution < 1.29 is 23.9 Å². The first-order valence-corrected chi connectivity index (χ1v) is 11.7. The Bertz CT molecular complexity index is 1280. The number of nitrogens with zero attached hydrogens (tertiary/aromatic N) is 1. The molecule has 0 bridgehead atoms. The molecule has 3 aromatic carbocycles. The van der Waals surface area contributed by atoms with Gasteiger partial charge in [-0.25, -0.2) is 5.43 Å². The molecule has 0 radical (unpaired) electrons. The molecule has 9 heteroatoms. The maximum atomic E-state index is 12.4. The molecule has 0 unspecified atom stereocenters. The van der Waals surface area contributed by atoms with E-state index in [1.54, 1.807) is 30.3 Å². The summed E-state index contributed by atoms with van der Waals surface area (Å²) in [5, 5.41) is 9.16. The van der Waals surface area contributed by atoms with Gasteiger partial charge in [-0.05, 0) is 86.8 Å². The van der Waals surface area contributed by atoms with Crippen LogP contribution in [-0.4, -0.2) is 37.1 Å². The van der Waals surface area contributed by atoms with Crippen LogP contribution in [0.3, 0.4) is 0 Å². The quantitative estimate of drug-likeness (QED) is 0.231. The van der Waals surface area contributed by atoms with Crippen LogP contribution >= 0.6 is 0 Å². The van der Waals surface area contributed by atoms with Crippen LogP contribution < -0.4 is 25.5 Å². The molecular weight excluding hydrogens is 472 g/mol. The number of hydrogen-bond donors (Lipinski definition) is 3. The fourth-order valence-corrected chi connectivity index (χ4v) is 3.42. The summed E-state index contributed by atoms with van der Waals surface area (Å²) < 4.78 is 11.3. The smallest absolute Gasteiger partial charge is 0.329 e. The molecule has 0 spiro atoms. The van der Waals surface area contributed by atoms with E-state index in [0.717, 1.165) is 16.7 Å². The van der Waals surface area contributed by atoms with Crippen molar-refractivity contribution in [1.82, 2.24) is 5.43 Å². The van der Waals surface area contributed by atoms with Gasteiger partial charge in [0.1, 0.15) is 0 Å². The minimum absolute atomic E-state index is 0.202. The predicted octanol–water partition coefficient (Wildman–Crippen LogP) is 4.12. The Labute approximate surface area is 215 Å². The first kappa shape index (κ1) is 26.9. The highest BCUT2D eigenvalue weighted by molar-refractivity contribution is 6.39. The van der Waals surface area contributed by atoms with Gasteiger partial charge in [-0.15, -0.1) is 0 Å². The molecule has 3 aromatic rings. The Kier molecular flexibility index (Phi) is 9.37. The molecule has 3 N–H and O–H groups in total. The number of amides is 3. The summed E-state index contributed by atoms with van der Waals surface area (Å²) in [5.74, 6) is -1.25. The Balaban J connectivity index is 1.56. The van der Waals surface area contributed by atoms with Gasteiger partial charge in [0.2, 0.25) is 0 Å². The zero-order valence-corrected chi connectivity index (χ0v) is 21.3. The third kappa shape index (κ3) is 8.50. The third-order valence-electron chi connectivity index (χ3n) is 5.03. The van der Waals surface area contributed by atoms with Crippen LogP contribution in [-0.2, 0) is 14.4 Å². The first-order chi connectivity index (χ1) is 17.7. The molecule has 0 saturated carbocycles. The minimum Gasteiger partial charge on any atom is -0.490 e. The van der Waals surface area contributed by atoms with Crippen molar-refractivity contribution in [3.8, 4) is 11.5 Å². The SMILES string of the molecule is CCOc1cc(/C=N\NC(=O)C(=O)Nc2ccc(C)cc2)ccc1OCC(=O)Nc1cc(C)cc(C)c1. The van der Waals surface area contributed by atoms with Crippen molar-refractivity contribution >= 4 is 35.3 Å². The van der Waals surface area contributed by atoms with Crippen LogP contribution in [0, 0.1) is 20.8 Å². The largest absolute Gasteiger partial charge is 0.490 e. The highest BCUT2D eigenvalue weighted by atomic mass is 16.5. The Morgan fingerprint density at radius 3 is 2.14 bits per heavy atom. The van der Waals surface area contributed by atoms with E-state index in [9.17, 15) is 14.4 Å². The van der Waals surface area contributed by atoms with Crippen molar-refractivity contribution in [3.63, 3.8) is 0 Å². The number of anilines is 2. The summed E-state index contributed by atoms with van der Waals surface area (Å²) in [7, 11) is 0. The molecule has 0 fully saturated rings. The second-order valence-electron chi connectivity index (χ2n) is 8.37. The summed E-state index contributed by atoms with van der Waals surface area (Å²) in [4.78, 5) is 36.4. The topological polar surface area (TPSA) is 118 Å². The number of hydrazone groups is 1. The molecule has 0 aliphatic heterocycles. The van der Waals surface area contributed by atoms with Gasteiger partial charge in [0.15, 0.2) is 18.1 Å². The molecular formula is C28H30N4O5. The van der Waals surface area contributed by atoms with Gasteiger partial charge in [0, 0.05) is 11.4 Å². The highest BCUT2D eigenvalue weighted by Crippen LogP contribution is 2.28. The van der Waals surface area contributed by atoms with E-state index in [-0.39, 0.29) is 12.5 Å². The molecule has 37 heavy (non-hydrogen) atoms. The van der Waals surface area contributed by atoms with Gasteiger partial charge in [-0.1, -0.05) is 23.8 Å². The van der Waals surface area contributed by atoms with Gasteiger partial charge in [0.05, 0.1) is 12.8 Å². The Morgan fingerprint density at radius 2 is 1.46 bits per heavy atom. The third-order valence-corrected chi connectivity index (χ3v) is 5.03. The van der Waals surface area contributed by atoms with E-state index < -0.39 is 11.8 Å². The lowest BCUT2D eigenvalue weighted by Crippen LogP contribution is -2.32. The second kappa shape index (κ2) is 12.9. The average Bonchev–Trinajstić information content (AvgIpc) is 2.84. The molecule has 0 atom stereocenters. The summed E-state index contributed by atoms with van der Waals surface area (Å²) in [5.41, 5.74) is 7.14. The summed E-state index contributed by atoms with van der Waals surface area (Å²) >= 11 is 0. The lowest BCUT2D eigenvalue weighted by molar-refractivity contribution is -0.136. The number of benzene rings is 3. The summed E-state index contributed by atoms with van der Waals surface area (Å²) in [6, 6.07) is 17.8. The van der Waals surface area contributed by atoms with Crippen molar-refractivity contribution in [2.45, 2.75) is 27.7 Å². The van der Waals surface area contributed by atoms with Crippen LogP contribution in [0.4, 0.5) is 11.4 Å². The number of ether oxygens (including phenoxy) is 2. The fraction of sp³-hybridized carbons (Fsp3) is 0.214. The standard InChI is InChI=1S/C28H30N4O5/c1-5-36-25-15-21(16-29-32-28(35)27(34)31-22-9-6-18(2)7-10-22)8-11-24(25)37-17-26(33)30-23-13-19(3)12-20(4)14-23/h6-16H,5,17H2,1-4H3,(H,30,33)(H,31,34)(H,32,35)/b29-16-. The van der Waals surface area contributed by atoms with E-state index in [1.165, 1.54) is 6.21 Å².